The molecule has 0 amide bonds. The van der Waals surface area contributed by atoms with E-state index in [2.05, 4.69) is 5.32 Å². The topological polar surface area (TPSA) is 76.9 Å². The molecular formula is C14H16F3N3O4. The van der Waals surface area contributed by atoms with Crippen molar-refractivity contribution >= 4 is 5.69 Å². The van der Waals surface area contributed by atoms with E-state index in [-0.39, 0.29) is 31.6 Å². The minimum Gasteiger partial charge on any atom is -0.454 e. The van der Waals surface area contributed by atoms with Crippen LogP contribution in [0.1, 0.15) is 12.0 Å². The molecule has 1 atom stereocenters. The van der Waals surface area contributed by atoms with Gasteiger partial charge in [0.05, 0.1) is 17.5 Å². The number of likely N-dealkylation sites (tertiary alicyclic amines) is 1. The molecule has 10 heteroatoms. The lowest BCUT2D eigenvalue weighted by atomic mass is 10.1. The highest BCUT2D eigenvalue weighted by molar-refractivity contribution is 5.55. The molecule has 2 aliphatic rings. The maximum Gasteiger partial charge on any atom is 0.401 e. The normalized spacial score (nSPS) is 20.5. The largest absolute Gasteiger partial charge is 0.454 e. The number of halogens is 3. The molecule has 1 aromatic rings. The quantitative estimate of drug-likeness (QED) is 0.649. The number of alkyl halides is 3. The van der Waals surface area contributed by atoms with Crippen LogP contribution in [0.3, 0.4) is 0 Å². The SMILES string of the molecule is O=[N+]([O-])c1cc2c(cc1CN[C@H]1CCN(CC(F)(F)F)C1)OCO2. The van der Waals surface area contributed by atoms with Gasteiger partial charge in [0.15, 0.2) is 11.5 Å². The molecule has 24 heavy (non-hydrogen) atoms. The molecule has 1 fully saturated rings. The van der Waals surface area contributed by atoms with Gasteiger partial charge in [0.1, 0.15) is 0 Å². The Balaban J connectivity index is 1.62. The maximum absolute atomic E-state index is 12.4. The van der Waals surface area contributed by atoms with Crippen molar-refractivity contribution < 1.29 is 27.6 Å². The Morgan fingerprint density at radius 2 is 2.04 bits per heavy atom. The number of nitrogens with one attached hydrogen (secondary N) is 1. The van der Waals surface area contributed by atoms with Gasteiger partial charge in [-0.2, -0.15) is 13.2 Å². The van der Waals surface area contributed by atoms with Gasteiger partial charge in [-0.05, 0) is 12.5 Å². The number of nitrogens with zero attached hydrogens (tertiary/aromatic N) is 2. The first kappa shape index (κ1) is 16.8. The van der Waals surface area contributed by atoms with Gasteiger partial charge in [0.25, 0.3) is 5.69 Å². The van der Waals surface area contributed by atoms with E-state index >= 15 is 0 Å². The first-order valence-corrected chi connectivity index (χ1v) is 7.41. The fourth-order valence-corrected chi connectivity index (χ4v) is 2.94. The predicted octanol–water partition coefficient (Wildman–Crippen LogP) is 2.05. The Kier molecular flexibility index (Phi) is 4.50. The van der Waals surface area contributed by atoms with Gasteiger partial charge in [-0.15, -0.1) is 0 Å². The van der Waals surface area contributed by atoms with Crippen LogP contribution in [0.15, 0.2) is 12.1 Å². The first-order chi connectivity index (χ1) is 11.3. The van der Waals surface area contributed by atoms with Gasteiger partial charge in [-0.25, -0.2) is 0 Å². The van der Waals surface area contributed by atoms with Crippen LogP contribution in [0.5, 0.6) is 11.5 Å². The Hall–Kier alpha value is -2.07. The Labute approximate surface area is 135 Å². The lowest BCUT2D eigenvalue weighted by Crippen LogP contribution is -2.36. The van der Waals surface area contributed by atoms with Gasteiger partial charge in [-0.1, -0.05) is 0 Å². The molecule has 7 nitrogen and oxygen atoms in total. The van der Waals surface area contributed by atoms with Crippen molar-refractivity contribution in [3.05, 3.63) is 27.8 Å². The Morgan fingerprint density at radius 1 is 1.33 bits per heavy atom. The van der Waals surface area contributed by atoms with Crippen LogP contribution in [0.25, 0.3) is 0 Å². The van der Waals surface area contributed by atoms with Crippen LogP contribution >= 0.6 is 0 Å². The van der Waals surface area contributed by atoms with Gasteiger partial charge >= 0.3 is 6.18 Å². The smallest absolute Gasteiger partial charge is 0.401 e. The Bertz CT molecular complexity index is 638. The van der Waals surface area contributed by atoms with Crippen LogP contribution in [0, 0.1) is 10.1 Å². The highest BCUT2D eigenvalue weighted by Gasteiger charge is 2.34. The number of fused-ring (bicyclic) bond motifs is 1. The summed E-state index contributed by atoms with van der Waals surface area (Å²) in [4.78, 5) is 12.0. The fourth-order valence-electron chi connectivity index (χ4n) is 2.94. The molecule has 132 valence electrons. The van der Waals surface area contributed by atoms with Gasteiger partial charge in [0, 0.05) is 31.2 Å². The summed E-state index contributed by atoms with van der Waals surface area (Å²) in [5.74, 6) is 0.755. The molecule has 0 saturated carbocycles. The van der Waals surface area contributed by atoms with Crippen LogP contribution in [-0.2, 0) is 6.54 Å². The molecule has 0 aliphatic carbocycles. The second kappa shape index (κ2) is 6.44. The number of nitro groups is 1. The van der Waals surface area contributed by atoms with Crippen molar-refractivity contribution in [2.24, 2.45) is 0 Å². The molecule has 0 spiro atoms. The van der Waals surface area contributed by atoms with Gasteiger partial charge < -0.3 is 14.8 Å². The molecule has 2 heterocycles. The number of hydrogen-bond donors (Lipinski definition) is 1. The third-order valence-corrected chi connectivity index (χ3v) is 4.03. The lowest BCUT2D eigenvalue weighted by molar-refractivity contribution is -0.385. The average molecular weight is 347 g/mol. The number of nitro benzene ring substituents is 1. The molecule has 1 N–H and O–H groups in total. The van der Waals surface area contributed by atoms with E-state index in [4.69, 9.17) is 9.47 Å². The standard InChI is InChI=1S/C14H16F3N3O4/c15-14(16,17)7-19-2-1-10(6-19)18-5-9-3-12-13(24-8-23-12)4-11(9)20(21)22/h3-4,10,18H,1-2,5-8H2/t10-/m0/s1. The summed E-state index contributed by atoms with van der Waals surface area (Å²) >= 11 is 0. The van der Waals surface area contributed by atoms with Crippen LogP contribution in [0.2, 0.25) is 0 Å². The third-order valence-electron chi connectivity index (χ3n) is 4.03. The number of hydrogen-bond acceptors (Lipinski definition) is 6. The minimum atomic E-state index is -4.22. The fraction of sp³-hybridized carbons (Fsp3) is 0.571. The van der Waals surface area contributed by atoms with E-state index in [1.54, 1.807) is 0 Å². The molecule has 1 aromatic carbocycles. The van der Waals surface area contributed by atoms with E-state index in [0.29, 0.717) is 30.0 Å². The van der Waals surface area contributed by atoms with Gasteiger partial charge in [0.2, 0.25) is 6.79 Å². The Morgan fingerprint density at radius 3 is 2.71 bits per heavy atom. The van der Waals surface area contributed by atoms with Crippen molar-refractivity contribution in [1.82, 2.24) is 10.2 Å². The second-order valence-electron chi connectivity index (χ2n) is 5.81. The van der Waals surface area contributed by atoms with Crippen molar-refractivity contribution in [3.8, 4) is 11.5 Å². The predicted molar refractivity (Wildman–Crippen MR) is 77.0 cm³/mol. The molecule has 0 radical (unpaired) electrons. The summed E-state index contributed by atoms with van der Waals surface area (Å²) < 4.78 is 47.5. The summed E-state index contributed by atoms with van der Waals surface area (Å²) in [5, 5.41) is 14.3. The van der Waals surface area contributed by atoms with Crippen molar-refractivity contribution in [1.29, 1.82) is 0 Å². The number of ether oxygens (including phenoxy) is 2. The van der Waals surface area contributed by atoms with Crippen molar-refractivity contribution in [3.63, 3.8) is 0 Å². The van der Waals surface area contributed by atoms with Crippen molar-refractivity contribution in [2.45, 2.75) is 25.2 Å². The highest BCUT2D eigenvalue weighted by atomic mass is 19.4. The van der Waals surface area contributed by atoms with Crippen LogP contribution < -0.4 is 14.8 Å². The summed E-state index contributed by atoms with van der Waals surface area (Å²) in [7, 11) is 0. The van der Waals surface area contributed by atoms with Crippen LogP contribution in [0.4, 0.5) is 18.9 Å². The van der Waals surface area contributed by atoms with Crippen LogP contribution in [-0.4, -0.2) is 48.5 Å². The van der Waals surface area contributed by atoms with E-state index in [9.17, 15) is 23.3 Å². The molecule has 0 aromatic heterocycles. The zero-order chi connectivity index (χ0) is 17.3. The zero-order valence-electron chi connectivity index (χ0n) is 12.6. The monoisotopic (exact) mass is 347 g/mol. The summed E-state index contributed by atoms with van der Waals surface area (Å²) in [6, 6.07) is 2.71. The minimum absolute atomic E-state index is 0.0123. The zero-order valence-corrected chi connectivity index (χ0v) is 12.6. The lowest BCUT2D eigenvalue weighted by Gasteiger charge is -2.18. The maximum atomic E-state index is 12.4. The number of rotatable bonds is 5. The summed E-state index contributed by atoms with van der Waals surface area (Å²) in [6.07, 6.45) is -3.65. The van der Waals surface area contributed by atoms with Gasteiger partial charge in [-0.3, -0.25) is 15.0 Å². The molecule has 1 saturated heterocycles. The average Bonchev–Trinajstić information content (AvgIpc) is 3.10. The molecule has 0 bridgehead atoms. The highest BCUT2D eigenvalue weighted by Crippen LogP contribution is 2.38. The van der Waals surface area contributed by atoms with E-state index in [1.165, 1.54) is 17.0 Å². The third kappa shape index (κ3) is 3.88. The molecule has 0 unspecified atom stereocenters. The first-order valence-electron chi connectivity index (χ1n) is 7.41. The summed E-state index contributed by atoms with van der Waals surface area (Å²) in [6.45, 7) is -0.135. The number of benzene rings is 1. The molecule has 2 aliphatic heterocycles. The van der Waals surface area contributed by atoms with E-state index in [0.717, 1.165) is 0 Å². The van der Waals surface area contributed by atoms with E-state index in [1.807, 2.05) is 0 Å². The molecule has 3 rings (SSSR count). The van der Waals surface area contributed by atoms with Crippen molar-refractivity contribution in [2.75, 3.05) is 26.4 Å². The van der Waals surface area contributed by atoms with E-state index < -0.39 is 17.6 Å². The second-order valence-corrected chi connectivity index (χ2v) is 5.81. The summed E-state index contributed by atoms with van der Waals surface area (Å²) in [5.41, 5.74) is 0.315. The molecular weight excluding hydrogens is 331 g/mol.